The van der Waals surface area contributed by atoms with E-state index in [1.165, 1.54) is 48.3 Å². The molecule has 2 aliphatic heterocycles. The van der Waals surface area contributed by atoms with Crippen LogP contribution < -0.4 is 0 Å². The Labute approximate surface area is 170 Å². The molecule has 4 rings (SSSR count). The Kier molecular flexibility index (Phi) is 4.56. The number of sulfone groups is 1. The van der Waals surface area contributed by atoms with Crippen molar-refractivity contribution < 1.29 is 27.7 Å². The summed E-state index contributed by atoms with van der Waals surface area (Å²) in [5.74, 6) is -1.31. The first-order chi connectivity index (χ1) is 14.1. The molecule has 12 nitrogen and oxygen atoms in total. The largest absolute Gasteiger partial charge is 0.459 e. The molecule has 3 atom stereocenters. The average Bonchev–Trinajstić information content (AvgIpc) is 3.24. The van der Waals surface area contributed by atoms with E-state index in [0.29, 0.717) is 5.56 Å². The number of fused-ring (bicyclic) bond motifs is 1. The fraction of sp³-hybridized carbons (Fsp3) is 0.412. The van der Waals surface area contributed by atoms with Crippen LogP contribution in [-0.2, 0) is 37.3 Å². The number of rotatable bonds is 6. The second-order valence-electron chi connectivity index (χ2n) is 7.35. The Hall–Kier alpha value is -3.35. The third kappa shape index (κ3) is 2.93. The number of nitro benzene ring substituents is 1. The minimum absolute atomic E-state index is 0.110. The lowest BCUT2D eigenvalue weighted by Crippen LogP contribution is -2.58. The van der Waals surface area contributed by atoms with Gasteiger partial charge >= 0.3 is 5.97 Å². The van der Waals surface area contributed by atoms with E-state index < -0.39 is 42.8 Å². The van der Waals surface area contributed by atoms with E-state index in [4.69, 9.17) is 4.74 Å². The Balaban J connectivity index is 1.58. The summed E-state index contributed by atoms with van der Waals surface area (Å²) >= 11 is 0. The van der Waals surface area contributed by atoms with Crippen molar-refractivity contribution in [2.24, 2.45) is 0 Å². The highest BCUT2D eigenvalue weighted by molar-refractivity contribution is 7.93. The summed E-state index contributed by atoms with van der Waals surface area (Å²) in [6.07, 6.45) is 2.67. The quantitative estimate of drug-likeness (QED) is 0.265. The van der Waals surface area contributed by atoms with E-state index in [2.05, 4.69) is 10.3 Å². The molecule has 13 heteroatoms. The van der Waals surface area contributed by atoms with Crippen molar-refractivity contribution in [3.05, 3.63) is 52.3 Å². The smallest absolute Gasteiger partial charge is 0.330 e. The summed E-state index contributed by atoms with van der Waals surface area (Å²) in [5.41, 5.74) is 0.376. The van der Waals surface area contributed by atoms with Crippen LogP contribution in [0.3, 0.4) is 0 Å². The van der Waals surface area contributed by atoms with Crippen LogP contribution in [0.2, 0.25) is 0 Å². The van der Waals surface area contributed by atoms with Crippen molar-refractivity contribution >= 4 is 27.4 Å². The Morgan fingerprint density at radius 1 is 1.37 bits per heavy atom. The van der Waals surface area contributed by atoms with Gasteiger partial charge < -0.3 is 9.64 Å². The zero-order valence-electron chi connectivity index (χ0n) is 15.7. The molecule has 2 saturated heterocycles. The van der Waals surface area contributed by atoms with Crippen molar-refractivity contribution in [1.29, 1.82) is 0 Å². The number of nitro groups is 1. The molecule has 3 heterocycles. The molecule has 2 aliphatic rings. The van der Waals surface area contributed by atoms with E-state index in [-0.39, 0.29) is 25.3 Å². The molecule has 0 bridgehead atoms. The molecule has 1 unspecified atom stereocenters. The highest BCUT2D eigenvalue weighted by Crippen LogP contribution is 2.47. The zero-order valence-corrected chi connectivity index (χ0v) is 16.6. The molecule has 0 N–H and O–H groups in total. The Morgan fingerprint density at radius 3 is 2.63 bits per heavy atom. The zero-order chi connectivity index (χ0) is 21.7. The molecule has 30 heavy (non-hydrogen) atoms. The fourth-order valence-electron chi connectivity index (χ4n) is 3.86. The highest BCUT2D eigenvalue weighted by Gasteiger charge is 2.70. The third-order valence-electron chi connectivity index (χ3n) is 5.51. The van der Waals surface area contributed by atoms with Gasteiger partial charge in [-0.2, -0.15) is 0 Å². The van der Waals surface area contributed by atoms with Crippen molar-refractivity contribution in [1.82, 2.24) is 19.9 Å². The lowest BCUT2D eigenvalue weighted by molar-refractivity contribution is -0.384. The molecule has 158 valence electrons. The van der Waals surface area contributed by atoms with Crippen LogP contribution in [0.5, 0.6) is 0 Å². The second-order valence-corrected chi connectivity index (χ2v) is 9.92. The lowest BCUT2D eigenvalue weighted by Gasteiger charge is -2.36. The van der Waals surface area contributed by atoms with Crippen LogP contribution in [-0.4, -0.2) is 61.3 Å². The van der Waals surface area contributed by atoms with Crippen molar-refractivity contribution in [3.8, 4) is 0 Å². The third-order valence-corrected chi connectivity index (χ3v) is 8.27. The number of aromatic nitrogens is 3. The van der Waals surface area contributed by atoms with Gasteiger partial charge in [-0.1, -0.05) is 5.21 Å². The van der Waals surface area contributed by atoms with E-state index in [1.54, 1.807) is 0 Å². The Morgan fingerprint density at radius 2 is 2.07 bits per heavy atom. The molecule has 0 radical (unpaired) electrons. The SMILES string of the molecule is C[C@]1(Cn2ccnn2)[C@H](C(=O)OCc2ccc([N+](=O)[O-])cc2)N2C(=O)CC2S1(=O)=O. The van der Waals surface area contributed by atoms with Gasteiger partial charge in [0.15, 0.2) is 15.9 Å². The molecule has 1 amide bonds. The number of carbonyl (C=O) groups excluding carboxylic acids is 2. The number of nitrogens with zero attached hydrogens (tertiary/aromatic N) is 5. The van der Waals surface area contributed by atoms with Gasteiger partial charge in [0, 0.05) is 18.3 Å². The van der Waals surface area contributed by atoms with E-state index in [1.807, 2.05) is 0 Å². The monoisotopic (exact) mass is 435 g/mol. The van der Waals surface area contributed by atoms with E-state index in [9.17, 15) is 28.1 Å². The van der Waals surface area contributed by atoms with Crippen LogP contribution in [0, 0.1) is 10.1 Å². The fourth-order valence-corrected chi connectivity index (χ4v) is 6.21. The maximum absolute atomic E-state index is 13.1. The first-order valence-corrected chi connectivity index (χ1v) is 10.5. The number of ether oxygens (including phenoxy) is 1. The number of carbonyl (C=O) groups is 2. The Bertz CT molecular complexity index is 1120. The number of β-lactam (4-membered cyclic amide) rings is 1. The van der Waals surface area contributed by atoms with Gasteiger partial charge in [0.25, 0.3) is 5.69 Å². The van der Waals surface area contributed by atoms with Gasteiger partial charge in [-0.05, 0) is 24.6 Å². The average molecular weight is 435 g/mol. The molecule has 1 aromatic carbocycles. The second kappa shape index (κ2) is 6.86. The molecule has 0 saturated carbocycles. The molecule has 2 aromatic rings. The summed E-state index contributed by atoms with van der Waals surface area (Å²) in [4.78, 5) is 36.3. The predicted molar refractivity (Wildman–Crippen MR) is 99.3 cm³/mol. The number of esters is 1. The van der Waals surface area contributed by atoms with Crippen molar-refractivity contribution in [2.75, 3.05) is 0 Å². The first kappa shape index (κ1) is 19.9. The van der Waals surface area contributed by atoms with Gasteiger partial charge in [-0.25, -0.2) is 13.2 Å². The summed E-state index contributed by atoms with van der Waals surface area (Å²) in [7, 11) is -3.89. The van der Waals surface area contributed by atoms with Gasteiger partial charge in [-0.15, -0.1) is 5.10 Å². The minimum atomic E-state index is -3.89. The molecular formula is C17H17N5O7S. The van der Waals surface area contributed by atoms with E-state index >= 15 is 0 Å². The maximum Gasteiger partial charge on any atom is 0.330 e. The van der Waals surface area contributed by atoms with Crippen LogP contribution in [0.15, 0.2) is 36.7 Å². The topological polar surface area (TPSA) is 155 Å². The standard InChI is InChI=1S/C17H17N5O7S/c1-17(10-20-7-6-18-19-20)15(21-13(23)8-14(21)30(17,27)28)16(24)29-9-11-2-4-12(5-3-11)22(25)26/h2-7,14-15H,8-10H2,1H3/t14?,15-,17-/m0/s1. The van der Waals surface area contributed by atoms with Gasteiger partial charge in [0.1, 0.15) is 16.7 Å². The normalized spacial score (nSPS) is 26.7. The summed E-state index contributed by atoms with van der Waals surface area (Å²) in [6, 6.07) is 4.07. The summed E-state index contributed by atoms with van der Waals surface area (Å²) < 4.78 is 31.2. The molecule has 2 fully saturated rings. The number of hydrogen-bond acceptors (Lipinski definition) is 9. The van der Waals surface area contributed by atoms with Crippen LogP contribution in [0.1, 0.15) is 18.9 Å². The van der Waals surface area contributed by atoms with Crippen LogP contribution >= 0.6 is 0 Å². The number of amides is 1. The van der Waals surface area contributed by atoms with Crippen LogP contribution in [0.4, 0.5) is 5.69 Å². The predicted octanol–water partition coefficient (Wildman–Crippen LogP) is 0.0438. The minimum Gasteiger partial charge on any atom is -0.459 e. The van der Waals surface area contributed by atoms with Crippen molar-refractivity contribution in [3.63, 3.8) is 0 Å². The van der Waals surface area contributed by atoms with Crippen molar-refractivity contribution in [2.45, 2.75) is 42.7 Å². The van der Waals surface area contributed by atoms with Gasteiger partial charge in [0.05, 0.1) is 24.1 Å². The van der Waals surface area contributed by atoms with Gasteiger partial charge in [0.2, 0.25) is 5.91 Å². The molecule has 1 aromatic heterocycles. The van der Waals surface area contributed by atoms with Gasteiger partial charge in [-0.3, -0.25) is 19.6 Å². The maximum atomic E-state index is 13.1. The summed E-state index contributed by atoms with van der Waals surface area (Å²) in [5, 5.41) is 17.1. The number of non-ortho nitro benzene ring substituents is 1. The van der Waals surface area contributed by atoms with E-state index in [0.717, 1.165) is 4.90 Å². The molecule has 0 spiro atoms. The number of benzene rings is 1. The number of hydrogen-bond donors (Lipinski definition) is 0. The molecular weight excluding hydrogens is 418 g/mol. The summed E-state index contributed by atoms with van der Waals surface area (Å²) in [6.45, 7) is 1.000. The molecule has 0 aliphatic carbocycles. The highest BCUT2D eigenvalue weighted by atomic mass is 32.2. The van der Waals surface area contributed by atoms with Crippen LogP contribution in [0.25, 0.3) is 0 Å². The first-order valence-electron chi connectivity index (χ1n) is 8.94. The lowest BCUT2D eigenvalue weighted by atomic mass is 9.96.